The molecule has 0 atom stereocenters. The van der Waals surface area contributed by atoms with E-state index in [4.69, 9.17) is 0 Å². The van der Waals surface area contributed by atoms with Crippen molar-refractivity contribution in [1.82, 2.24) is 28.7 Å². The first-order chi connectivity index (χ1) is 9.55. The predicted octanol–water partition coefficient (Wildman–Crippen LogP) is 1.24. The molecule has 3 aromatic heterocycles. The fraction of sp³-hybridized carbons (Fsp3) is 0.357. The zero-order chi connectivity index (χ0) is 14.3. The summed E-state index contributed by atoms with van der Waals surface area (Å²) in [5.41, 5.74) is -0.505. The van der Waals surface area contributed by atoms with Gasteiger partial charge in [-0.3, -0.25) is 0 Å². The lowest BCUT2D eigenvalue weighted by Gasteiger charge is -2.28. The predicted molar refractivity (Wildman–Crippen MR) is 75.2 cm³/mol. The molecule has 0 bridgehead atoms. The zero-order valence-corrected chi connectivity index (χ0v) is 12.1. The Labute approximate surface area is 117 Å². The number of imidazole rings is 3. The molecule has 3 aromatic rings. The van der Waals surface area contributed by atoms with Crippen LogP contribution in [0.2, 0.25) is 0 Å². The molecule has 0 radical (unpaired) electrons. The molecule has 0 N–H and O–H groups in total. The SMILES string of the molecule is Cn1ccnc1C(C)(c1nccn1C)c1nccn1C. The summed E-state index contributed by atoms with van der Waals surface area (Å²) in [7, 11) is 5.98. The molecular formula is C14H18N6. The van der Waals surface area contributed by atoms with Crippen LogP contribution in [0, 0.1) is 0 Å². The van der Waals surface area contributed by atoms with Gasteiger partial charge in [0.25, 0.3) is 0 Å². The van der Waals surface area contributed by atoms with Gasteiger partial charge in [-0.1, -0.05) is 0 Å². The van der Waals surface area contributed by atoms with Crippen molar-refractivity contribution >= 4 is 0 Å². The van der Waals surface area contributed by atoms with E-state index in [0.717, 1.165) is 17.5 Å². The fourth-order valence-corrected chi connectivity index (χ4v) is 2.84. The molecule has 0 amide bonds. The summed E-state index contributed by atoms with van der Waals surface area (Å²) in [5.74, 6) is 2.75. The average molecular weight is 270 g/mol. The van der Waals surface area contributed by atoms with Crippen LogP contribution < -0.4 is 0 Å². The van der Waals surface area contributed by atoms with E-state index >= 15 is 0 Å². The molecule has 0 aliphatic carbocycles. The summed E-state index contributed by atoms with van der Waals surface area (Å²) < 4.78 is 6.05. The van der Waals surface area contributed by atoms with E-state index in [1.54, 1.807) is 18.6 Å². The van der Waals surface area contributed by atoms with Crippen molar-refractivity contribution in [3.05, 3.63) is 54.7 Å². The number of rotatable bonds is 3. The summed E-state index contributed by atoms with van der Waals surface area (Å²) in [6.07, 6.45) is 11.2. The van der Waals surface area contributed by atoms with Gasteiger partial charge in [0, 0.05) is 58.3 Å². The van der Waals surface area contributed by atoms with Gasteiger partial charge in [-0.2, -0.15) is 0 Å². The minimum absolute atomic E-state index is 0.505. The van der Waals surface area contributed by atoms with Crippen LogP contribution >= 0.6 is 0 Å². The first kappa shape index (κ1) is 12.7. The Bertz CT molecular complexity index is 634. The van der Waals surface area contributed by atoms with Gasteiger partial charge in [0.1, 0.15) is 22.9 Å². The molecule has 3 rings (SSSR count). The largest absolute Gasteiger partial charge is 0.337 e. The number of hydrogen-bond donors (Lipinski definition) is 0. The van der Waals surface area contributed by atoms with E-state index in [-0.39, 0.29) is 0 Å². The Kier molecular flexibility index (Phi) is 2.74. The van der Waals surface area contributed by atoms with Gasteiger partial charge in [-0.15, -0.1) is 0 Å². The Morgan fingerprint density at radius 2 is 1.00 bits per heavy atom. The standard InChI is InChI=1S/C14H18N6/c1-14(11-15-5-8-18(11)2,12-16-6-9-19(12)3)13-17-7-10-20(13)4/h5-10H,1-4H3. The zero-order valence-electron chi connectivity index (χ0n) is 12.1. The number of hydrogen-bond acceptors (Lipinski definition) is 3. The third-order valence-corrected chi connectivity index (χ3v) is 3.81. The van der Waals surface area contributed by atoms with Crippen LogP contribution in [0.15, 0.2) is 37.2 Å². The van der Waals surface area contributed by atoms with Crippen LogP contribution in [0.3, 0.4) is 0 Å². The van der Waals surface area contributed by atoms with E-state index in [1.165, 1.54) is 0 Å². The maximum Gasteiger partial charge on any atom is 0.141 e. The molecule has 0 fully saturated rings. The lowest BCUT2D eigenvalue weighted by Crippen LogP contribution is -2.34. The van der Waals surface area contributed by atoms with E-state index in [2.05, 4.69) is 21.9 Å². The monoisotopic (exact) mass is 270 g/mol. The second kappa shape index (κ2) is 4.33. The van der Waals surface area contributed by atoms with E-state index in [9.17, 15) is 0 Å². The normalized spacial score (nSPS) is 12.0. The molecule has 20 heavy (non-hydrogen) atoms. The summed E-state index contributed by atoms with van der Waals surface area (Å²) in [6.45, 7) is 2.11. The van der Waals surface area contributed by atoms with Crippen molar-refractivity contribution in [2.45, 2.75) is 12.3 Å². The summed E-state index contributed by atoms with van der Waals surface area (Å²) >= 11 is 0. The third kappa shape index (κ3) is 1.61. The molecule has 6 nitrogen and oxygen atoms in total. The average Bonchev–Trinajstić information content (AvgIpc) is 3.10. The van der Waals surface area contributed by atoms with Gasteiger partial charge < -0.3 is 13.7 Å². The van der Waals surface area contributed by atoms with Crippen molar-refractivity contribution in [3.63, 3.8) is 0 Å². The van der Waals surface area contributed by atoms with Crippen LogP contribution in [-0.4, -0.2) is 28.7 Å². The molecule has 0 aromatic carbocycles. The van der Waals surface area contributed by atoms with Gasteiger partial charge in [0.15, 0.2) is 0 Å². The molecule has 0 saturated carbocycles. The Morgan fingerprint density at radius 3 is 1.20 bits per heavy atom. The molecule has 6 heteroatoms. The second-order valence-corrected chi connectivity index (χ2v) is 5.21. The van der Waals surface area contributed by atoms with Crippen LogP contribution in [-0.2, 0) is 26.6 Å². The van der Waals surface area contributed by atoms with Crippen molar-refractivity contribution in [2.24, 2.45) is 21.1 Å². The quantitative estimate of drug-likeness (QED) is 0.719. The molecule has 0 saturated heterocycles. The molecule has 0 aliphatic rings. The van der Waals surface area contributed by atoms with E-state index < -0.39 is 5.41 Å². The maximum absolute atomic E-state index is 4.54. The minimum atomic E-state index is -0.505. The Hall–Kier alpha value is -2.37. The molecule has 0 aliphatic heterocycles. The van der Waals surface area contributed by atoms with Gasteiger partial charge in [-0.25, -0.2) is 15.0 Å². The van der Waals surface area contributed by atoms with Crippen molar-refractivity contribution in [2.75, 3.05) is 0 Å². The Balaban J connectivity index is 2.32. The lowest BCUT2D eigenvalue weighted by molar-refractivity contribution is 0.499. The van der Waals surface area contributed by atoms with Crippen molar-refractivity contribution in [3.8, 4) is 0 Å². The number of aromatic nitrogens is 6. The first-order valence-corrected chi connectivity index (χ1v) is 6.48. The molecule has 0 unspecified atom stereocenters. The molecule has 3 heterocycles. The molecule has 104 valence electrons. The van der Waals surface area contributed by atoms with Crippen molar-refractivity contribution < 1.29 is 0 Å². The first-order valence-electron chi connectivity index (χ1n) is 6.48. The van der Waals surface area contributed by atoms with Crippen molar-refractivity contribution in [1.29, 1.82) is 0 Å². The second-order valence-electron chi connectivity index (χ2n) is 5.21. The lowest BCUT2D eigenvalue weighted by atomic mass is 9.87. The highest BCUT2D eigenvalue weighted by Gasteiger charge is 2.41. The number of nitrogens with zero attached hydrogens (tertiary/aromatic N) is 6. The highest BCUT2D eigenvalue weighted by molar-refractivity contribution is 5.33. The highest BCUT2D eigenvalue weighted by Crippen LogP contribution is 2.35. The fourth-order valence-electron chi connectivity index (χ4n) is 2.84. The van der Waals surface area contributed by atoms with Gasteiger partial charge in [0.05, 0.1) is 0 Å². The molecular weight excluding hydrogens is 252 g/mol. The minimum Gasteiger partial charge on any atom is -0.337 e. The van der Waals surface area contributed by atoms with Gasteiger partial charge >= 0.3 is 0 Å². The highest BCUT2D eigenvalue weighted by atomic mass is 15.1. The van der Waals surface area contributed by atoms with Crippen LogP contribution in [0.1, 0.15) is 24.4 Å². The molecule has 0 spiro atoms. The van der Waals surface area contributed by atoms with Gasteiger partial charge in [0.2, 0.25) is 0 Å². The summed E-state index contributed by atoms with van der Waals surface area (Å²) in [4.78, 5) is 13.6. The maximum atomic E-state index is 4.54. The number of aryl methyl sites for hydroxylation is 3. The van der Waals surface area contributed by atoms with Crippen LogP contribution in [0.25, 0.3) is 0 Å². The summed E-state index contributed by atoms with van der Waals surface area (Å²) in [6, 6.07) is 0. The Morgan fingerprint density at radius 1 is 0.700 bits per heavy atom. The van der Waals surface area contributed by atoms with Crippen LogP contribution in [0.4, 0.5) is 0 Å². The van der Waals surface area contributed by atoms with E-state index in [0.29, 0.717) is 0 Å². The smallest absolute Gasteiger partial charge is 0.141 e. The van der Waals surface area contributed by atoms with E-state index in [1.807, 2.05) is 53.4 Å². The third-order valence-electron chi connectivity index (χ3n) is 3.81. The van der Waals surface area contributed by atoms with Gasteiger partial charge in [-0.05, 0) is 6.92 Å². The van der Waals surface area contributed by atoms with Crippen LogP contribution in [0.5, 0.6) is 0 Å². The topological polar surface area (TPSA) is 53.5 Å². The summed E-state index contributed by atoms with van der Waals surface area (Å²) in [5, 5.41) is 0.